The van der Waals surface area contributed by atoms with Gasteiger partial charge in [0.1, 0.15) is 5.92 Å². The van der Waals surface area contributed by atoms with Gasteiger partial charge in [0, 0.05) is 4.88 Å². The SMILES string of the molecule is O=C(O)C1COCc2scc(C3CCCC3)c21. The number of aliphatic carboxylic acids is 1. The molecule has 0 radical (unpaired) electrons. The van der Waals surface area contributed by atoms with Crippen LogP contribution in [-0.2, 0) is 16.1 Å². The Labute approximate surface area is 104 Å². The average Bonchev–Trinajstić information content (AvgIpc) is 2.96. The molecule has 1 N–H and O–H groups in total. The van der Waals surface area contributed by atoms with Crippen molar-refractivity contribution in [2.45, 2.75) is 44.1 Å². The maximum absolute atomic E-state index is 11.3. The number of fused-ring (bicyclic) bond motifs is 1. The van der Waals surface area contributed by atoms with Gasteiger partial charge in [-0.05, 0) is 35.3 Å². The molecule has 0 amide bonds. The third-order valence-electron chi connectivity index (χ3n) is 3.90. The van der Waals surface area contributed by atoms with Crippen LogP contribution in [0, 0.1) is 0 Å². The summed E-state index contributed by atoms with van der Waals surface area (Å²) >= 11 is 1.67. The molecule has 17 heavy (non-hydrogen) atoms. The van der Waals surface area contributed by atoms with Crippen LogP contribution in [-0.4, -0.2) is 17.7 Å². The predicted molar refractivity (Wildman–Crippen MR) is 65.6 cm³/mol. The van der Waals surface area contributed by atoms with E-state index in [2.05, 4.69) is 5.38 Å². The molecule has 92 valence electrons. The second-order valence-corrected chi connectivity index (χ2v) is 5.88. The van der Waals surface area contributed by atoms with Crippen LogP contribution in [0.3, 0.4) is 0 Å². The Bertz CT molecular complexity index is 432. The molecule has 0 bridgehead atoms. The summed E-state index contributed by atoms with van der Waals surface area (Å²) in [6.07, 6.45) is 5.00. The number of ether oxygens (including phenoxy) is 1. The number of rotatable bonds is 2. The van der Waals surface area contributed by atoms with Gasteiger partial charge in [-0.25, -0.2) is 0 Å². The summed E-state index contributed by atoms with van der Waals surface area (Å²) in [4.78, 5) is 12.4. The number of carboxylic acids is 1. The van der Waals surface area contributed by atoms with Crippen LogP contribution >= 0.6 is 11.3 Å². The number of hydrogen-bond donors (Lipinski definition) is 1. The zero-order valence-corrected chi connectivity index (χ0v) is 10.5. The van der Waals surface area contributed by atoms with E-state index in [1.807, 2.05) is 0 Å². The zero-order valence-electron chi connectivity index (χ0n) is 9.65. The molecule has 3 rings (SSSR count). The summed E-state index contributed by atoms with van der Waals surface area (Å²) in [6.45, 7) is 0.926. The Balaban J connectivity index is 2.00. The van der Waals surface area contributed by atoms with Gasteiger partial charge in [0.05, 0.1) is 13.2 Å². The lowest BCUT2D eigenvalue weighted by atomic mass is 9.88. The Morgan fingerprint density at radius 3 is 2.88 bits per heavy atom. The number of carboxylic acid groups (broad SMARTS) is 1. The van der Waals surface area contributed by atoms with Gasteiger partial charge in [-0.1, -0.05) is 12.8 Å². The summed E-state index contributed by atoms with van der Waals surface area (Å²) in [5.74, 6) is -0.598. The minimum atomic E-state index is -0.747. The molecule has 3 nitrogen and oxygen atoms in total. The van der Waals surface area contributed by atoms with Crippen LogP contribution in [0.5, 0.6) is 0 Å². The molecule has 2 aliphatic rings. The van der Waals surface area contributed by atoms with Gasteiger partial charge in [-0.2, -0.15) is 0 Å². The summed E-state index contributed by atoms with van der Waals surface area (Å²) in [7, 11) is 0. The van der Waals surface area contributed by atoms with E-state index < -0.39 is 11.9 Å². The first-order valence-electron chi connectivity index (χ1n) is 6.18. The van der Waals surface area contributed by atoms with Crippen LogP contribution in [0.2, 0.25) is 0 Å². The number of hydrogen-bond acceptors (Lipinski definition) is 3. The molecule has 1 unspecified atom stereocenters. The first-order chi connectivity index (χ1) is 8.27. The minimum Gasteiger partial charge on any atom is -0.481 e. The third kappa shape index (κ3) is 1.89. The molecule has 4 heteroatoms. The summed E-state index contributed by atoms with van der Waals surface area (Å²) in [5, 5.41) is 11.5. The fourth-order valence-corrected chi connectivity index (χ4v) is 4.16. The Morgan fingerprint density at radius 2 is 2.18 bits per heavy atom. The van der Waals surface area contributed by atoms with E-state index in [4.69, 9.17) is 4.74 Å². The largest absolute Gasteiger partial charge is 0.481 e. The van der Waals surface area contributed by atoms with Gasteiger partial charge in [-0.3, -0.25) is 4.79 Å². The lowest BCUT2D eigenvalue weighted by Gasteiger charge is -2.22. The van der Waals surface area contributed by atoms with Gasteiger partial charge in [0.15, 0.2) is 0 Å². The molecule has 1 aliphatic carbocycles. The molecule has 0 saturated heterocycles. The topological polar surface area (TPSA) is 46.5 Å². The maximum Gasteiger partial charge on any atom is 0.313 e. The standard InChI is InChI=1S/C13H16O3S/c14-13(15)9-5-16-6-11-12(9)10(7-17-11)8-3-1-2-4-8/h7-9H,1-6H2,(H,14,15). The molecule has 1 fully saturated rings. The van der Waals surface area contributed by atoms with Crippen LogP contribution in [0.15, 0.2) is 5.38 Å². The molecule has 1 saturated carbocycles. The summed E-state index contributed by atoms with van der Waals surface area (Å²) < 4.78 is 5.38. The monoisotopic (exact) mass is 252 g/mol. The van der Waals surface area contributed by atoms with E-state index in [-0.39, 0.29) is 0 Å². The van der Waals surface area contributed by atoms with Crippen molar-refractivity contribution in [2.75, 3.05) is 6.61 Å². The van der Waals surface area contributed by atoms with Gasteiger partial charge in [0.2, 0.25) is 0 Å². The Kier molecular flexibility index (Phi) is 2.92. The lowest BCUT2D eigenvalue weighted by molar-refractivity contribution is -0.141. The number of thiophene rings is 1. The van der Waals surface area contributed by atoms with Crippen molar-refractivity contribution in [3.8, 4) is 0 Å². The highest BCUT2D eigenvalue weighted by molar-refractivity contribution is 7.10. The van der Waals surface area contributed by atoms with Crippen LogP contribution < -0.4 is 0 Å². The van der Waals surface area contributed by atoms with E-state index >= 15 is 0 Å². The normalized spacial score (nSPS) is 24.8. The molecule has 1 aliphatic heterocycles. The first-order valence-corrected chi connectivity index (χ1v) is 7.06. The molecule has 1 aromatic heterocycles. The second kappa shape index (κ2) is 4.42. The van der Waals surface area contributed by atoms with Crippen molar-refractivity contribution in [2.24, 2.45) is 0 Å². The second-order valence-electron chi connectivity index (χ2n) is 4.92. The highest BCUT2D eigenvalue weighted by Gasteiger charge is 2.33. The van der Waals surface area contributed by atoms with Crippen molar-refractivity contribution < 1.29 is 14.6 Å². The van der Waals surface area contributed by atoms with Crippen molar-refractivity contribution in [1.29, 1.82) is 0 Å². The van der Waals surface area contributed by atoms with E-state index in [1.54, 1.807) is 11.3 Å². The quantitative estimate of drug-likeness (QED) is 0.879. The van der Waals surface area contributed by atoms with Gasteiger partial charge in [-0.15, -0.1) is 11.3 Å². The molecule has 1 atom stereocenters. The molecule has 2 heterocycles. The molecular weight excluding hydrogens is 236 g/mol. The van der Waals surface area contributed by atoms with Crippen LogP contribution in [0.25, 0.3) is 0 Å². The maximum atomic E-state index is 11.3. The van der Waals surface area contributed by atoms with Crippen LogP contribution in [0.4, 0.5) is 0 Å². The van der Waals surface area contributed by atoms with E-state index in [9.17, 15) is 9.90 Å². The van der Waals surface area contributed by atoms with E-state index in [0.29, 0.717) is 19.1 Å². The smallest absolute Gasteiger partial charge is 0.313 e. The van der Waals surface area contributed by atoms with Gasteiger partial charge < -0.3 is 9.84 Å². The van der Waals surface area contributed by atoms with Gasteiger partial charge >= 0.3 is 5.97 Å². The molecule has 0 spiro atoms. The van der Waals surface area contributed by atoms with Crippen LogP contribution in [0.1, 0.15) is 53.5 Å². The first kappa shape index (κ1) is 11.2. The average molecular weight is 252 g/mol. The highest BCUT2D eigenvalue weighted by atomic mass is 32.1. The van der Waals surface area contributed by atoms with Gasteiger partial charge in [0.25, 0.3) is 0 Å². The lowest BCUT2D eigenvalue weighted by Crippen LogP contribution is -2.23. The fraction of sp³-hybridized carbons (Fsp3) is 0.615. The molecule has 1 aromatic rings. The minimum absolute atomic E-state index is 0.332. The van der Waals surface area contributed by atoms with Crippen molar-refractivity contribution in [3.05, 3.63) is 21.4 Å². The molecule has 0 aromatic carbocycles. The Hall–Kier alpha value is -0.870. The summed E-state index contributed by atoms with van der Waals surface area (Å²) in [6, 6.07) is 0. The van der Waals surface area contributed by atoms with E-state index in [0.717, 1.165) is 10.4 Å². The third-order valence-corrected chi connectivity index (χ3v) is 4.89. The highest BCUT2D eigenvalue weighted by Crippen LogP contribution is 2.43. The predicted octanol–water partition coefficient (Wildman–Crippen LogP) is 3.10. The van der Waals surface area contributed by atoms with Crippen molar-refractivity contribution in [1.82, 2.24) is 0 Å². The van der Waals surface area contributed by atoms with E-state index in [1.165, 1.54) is 31.2 Å². The van der Waals surface area contributed by atoms with Crippen molar-refractivity contribution in [3.63, 3.8) is 0 Å². The Morgan fingerprint density at radius 1 is 1.41 bits per heavy atom. The molecular formula is C13H16O3S. The number of carbonyl (C=O) groups is 1. The fourth-order valence-electron chi connectivity index (χ4n) is 3.03. The summed E-state index contributed by atoms with van der Waals surface area (Å²) in [5.41, 5.74) is 2.39. The zero-order chi connectivity index (χ0) is 11.8. The van der Waals surface area contributed by atoms with Crippen molar-refractivity contribution >= 4 is 17.3 Å².